The summed E-state index contributed by atoms with van der Waals surface area (Å²) >= 11 is 0. The van der Waals surface area contributed by atoms with Crippen LogP contribution >= 0.6 is 9.24 Å². The van der Waals surface area contributed by atoms with Gasteiger partial charge in [0, 0.05) is 35.3 Å². The largest absolute Gasteiger partial charge is 0.335 e. The van der Waals surface area contributed by atoms with Gasteiger partial charge in [0.25, 0.3) is 0 Å². The van der Waals surface area contributed by atoms with Crippen molar-refractivity contribution in [3.05, 3.63) is 73.3 Å². The Morgan fingerprint density at radius 2 is 1.74 bits per heavy atom. The number of carbonyl (C=O) groups excluding carboxylic acids is 1. The van der Waals surface area contributed by atoms with Gasteiger partial charge in [-0.05, 0) is 40.0 Å². The molecule has 0 saturated carbocycles. The number of benzene rings is 2. The van der Waals surface area contributed by atoms with Crippen LogP contribution in [0.1, 0.15) is 27.2 Å². The molecule has 0 aliphatic carbocycles. The molecule has 0 aliphatic rings. The molecule has 0 spiro atoms. The van der Waals surface area contributed by atoms with Crippen molar-refractivity contribution in [2.24, 2.45) is 5.41 Å². The number of aromatic amines is 2. The zero-order chi connectivity index (χ0) is 27.1. The monoisotopic (exact) mass is 533 g/mol. The molecule has 2 aromatic carbocycles. The molecule has 4 aromatic heterocycles. The first-order chi connectivity index (χ1) is 18.7. The maximum absolute atomic E-state index is 12.5. The van der Waals surface area contributed by atoms with E-state index in [1.807, 2.05) is 57.3 Å². The lowest BCUT2D eigenvalue weighted by Crippen LogP contribution is -2.19. The normalized spacial score (nSPS) is 11.8. The van der Waals surface area contributed by atoms with Crippen LogP contribution in [0.25, 0.3) is 55.7 Å². The molecule has 0 saturated heterocycles. The van der Waals surface area contributed by atoms with Crippen LogP contribution in [0.15, 0.2) is 73.3 Å². The third-order valence-corrected chi connectivity index (χ3v) is 6.98. The highest BCUT2D eigenvalue weighted by Gasteiger charge is 2.18. The Morgan fingerprint density at radius 1 is 0.923 bits per heavy atom. The zero-order valence-corrected chi connectivity index (χ0v) is 23.1. The number of carbonyl (C=O) groups is 1. The highest BCUT2D eigenvalue weighted by Crippen LogP contribution is 2.33. The van der Waals surface area contributed by atoms with Crippen molar-refractivity contribution in [1.29, 1.82) is 0 Å². The minimum atomic E-state index is -0.0930. The zero-order valence-electron chi connectivity index (χ0n) is 21.9. The van der Waals surface area contributed by atoms with Crippen molar-refractivity contribution in [1.82, 2.24) is 30.1 Å². The highest BCUT2D eigenvalue weighted by molar-refractivity contribution is 7.28. The molecule has 0 bridgehead atoms. The van der Waals surface area contributed by atoms with Gasteiger partial charge in [0.15, 0.2) is 5.82 Å². The van der Waals surface area contributed by atoms with E-state index in [0.717, 1.165) is 55.2 Å². The molecule has 1 atom stereocenters. The molecule has 4 heterocycles. The van der Waals surface area contributed by atoms with Crippen molar-refractivity contribution >= 4 is 48.1 Å². The molecule has 1 amide bonds. The van der Waals surface area contributed by atoms with Crippen LogP contribution in [0.3, 0.4) is 0 Å². The molecule has 6 aromatic rings. The molecule has 0 radical (unpaired) electrons. The number of hydrogen-bond acceptors (Lipinski definition) is 5. The summed E-state index contributed by atoms with van der Waals surface area (Å²) in [4.78, 5) is 29.6. The minimum Gasteiger partial charge on any atom is -0.335 e. The highest BCUT2D eigenvalue weighted by atomic mass is 31.0. The summed E-state index contributed by atoms with van der Waals surface area (Å²) < 4.78 is 0. The number of hydrogen-bond donors (Lipinski definition) is 3. The van der Waals surface area contributed by atoms with Crippen LogP contribution in [0.4, 0.5) is 5.69 Å². The standard InChI is InChI=1S/C30H28N7OP/c1-30(2,3)12-26(38)33-19-10-18(13-31-14-19)17-8-9-23-21(11-17)28(37-36-23)29-34-24-16-32-15-22(27(24)35-29)20-6-4-5-7-25(20)39/h4-11,13-16H,12,39H2,1-3H3,(H,33,38)(H,34,35)(H,36,37). The van der Waals surface area contributed by atoms with Gasteiger partial charge in [-0.3, -0.25) is 19.9 Å². The fourth-order valence-corrected chi connectivity index (χ4v) is 5.07. The molecule has 1 unspecified atom stereocenters. The number of nitrogens with one attached hydrogen (secondary N) is 3. The van der Waals surface area contributed by atoms with Gasteiger partial charge in [-0.25, -0.2) is 4.98 Å². The predicted octanol–water partition coefficient (Wildman–Crippen LogP) is 6.11. The Morgan fingerprint density at radius 3 is 2.56 bits per heavy atom. The Kier molecular flexibility index (Phi) is 6.20. The SMILES string of the molecule is CC(C)(C)CC(=O)Nc1cncc(-c2ccc3[nH]nc(-c4nc5c(-c6ccccc6P)cncc5[nH]4)c3c2)c1. The molecule has 194 valence electrons. The molecule has 8 nitrogen and oxygen atoms in total. The van der Waals surface area contributed by atoms with Crippen LogP contribution in [-0.2, 0) is 4.79 Å². The number of anilines is 1. The van der Waals surface area contributed by atoms with E-state index in [-0.39, 0.29) is 11.3 Å². The Bertz CT molecular complexity index is 1850. The van der Waals surface area contributed by atoms with Gasteiger partial charge in [-0.15, -0.1) is 9.24 Å². The number of imidazole rings is 1. The van der Waals surface area contributed by atoms with E-state index in [9.17, 15) is 4.79 Å². The lowest BCUT2D eigenvalue weighted by atomic mass is 9.92. The number of aromatic nitrogens is 6. The van der Waals surface area contributed by atoms with Crippen LogP contribution in [0.5, 0.6) is 0 Å². The van der Waals surface area contributed by atoms with E-state index in [1.54, 1.807) is 18.6 Å². The average Bonchev–Trinajstić information content (AvgIpc) is 3.51. The molecule has 9 heteroatoms. The fourth-order valence-electron chi connectivity index (χ4n) is 4.71. The van der Waals surface area contributed by atoms with E-state index in [0.29, 0.717) is 17.9 Å². The first-order valence-corrected chi connectivity index (χ1v) is 13.3. The van der Waals surface area contributed by atoms with Gasteiger partial charge in [-0.2, -0.15) is 5.10 Å². The number of H-pyrrole nitrogens is 2. The summed E-state index contributed by atoms with van der Waals surface area (Å²) in [5.41, 5.74) is 7.74. The second-order valence-electron chi connectivity index (χ2n) is 10.8. The molecular weight excluding hydrogens is 505 g/mol. The summed E-state index contributed by atoms with van der Waals surface area (Å²) in [6, 6.07) is 16.1. The molecule has 3 N–H and O–H groups in total. The third kappa shape index (κ3) is 5.03. The Labute approximate surface area is 227 Å². The maximum atomic E-state index is 12.5. The third-order valence-electron chi connectivity index (χ3n) is 6.48. The second-order valence-corrected chi connectivity index (χ2v) is 11.5. The van der Waals surface area contributed by atoms with Crippen molar-refractivity contribution in [2.45, 2.75) is 27.2 Å². The lowest BCUT2D eigenvalue weighted by molar-refractivity contribution is -0.117. The summed E-state index contributed by atoms with van der Waals surface area (Å²) in [6.45, 7) is 6.13. The number of nitrogens with zero attached hydrogens (tertiary/aromatic N) is 4. The summed E-state index contributed by atoms with van der Waals surface area (Å²) in [7, 11) is 2.78. The van der Waals surface area contributed by atoms with Gasteiger partial charge < -0.3 is 10.3 Å². The number of rotatable bonds is 5. The fraction of sp³-hybridized carbons (Fsp3) is 0.167. The molecule has 0 aliphatic heterocycles. The summed E-state index contributed by atoms with van der Waals surface area (Å²) in [5.74, 6) is 0.627. The maximum Gasteiger partial charge on any atom is 0.224 e. The predicted molar refractivity (Wildman–Crippen MR) is 160 cm³/mol. The molecular formula is C30H28N7OP. The lowest BCUT2D eigenvalue weighted by Gasteiger charge is -2.17. The van der Waals surface area contributed by atoms with Crippen molar-refractivity contribution in [3.63, 3.8) is 0 Å². The van der Waals surface area contributed by atoms with Gasteiger partial charge >= 0.3 is 0 Å². The number of pyridine rings is 2. The van der Waals surface area contributed by atoms with E-state index in [4.69, 9.17) is 4.98 Å². The van der Waals surface area contributed by atoms with Crippen LogP contribution in [-0.4, -0.2) is 36.0 Å². The van der Waals surface area contributed by atoms with Gasteiger partial charge in [-0.1, -0.05) is 51.1 Å². The van der Waals surface area contributed by atoms with E-state index < -0.39 is 0 Å². The Hall–Kier alpha value is -4.42. The van der Waals surface area contributed by atoms with E-state index in [2.05, 4.69) is 57.9 Å². The minimum absolute atomic E-state index is 0.0305. The van der Waals surface area contributed by atoms with E-state index in [1.165, 1.54) is 0 Å². The second kappa shape index (κ2) is 9.71. The van der Waals surface area contributed by atoms with Crippen molar-refractivity contribution in [2.75, 3.05) is 5.32 Å². The topological polar surface area (TPSA) is 112 Å². The van der Waals surface area contributed by atoms with Crippen molar-refractivity contribution < 1.29 is 4.79 Å². The van der Waals surface area contributed by atoms with Crippen LogP contribution < -0.4 is 10.6 Å². The summed E-state index contributed by atoms with van der Waals surface area (Å²) in [5, 5.41) is 12.7. The number of fused-ring (bicyclic) bond motifs is 2. The van der Waals surface area contributed by atoms with Gasteiger partial charge in [0.1, 0.15) is 11.2 Å². The van der Waals surface area contributed by atoms with Gasteiger partial charge in [0.05, 0.1) is 29.1 Å². The average molecular weight is 534 g/mol. The molecule has 39 heavy (non-hydrogen) atoms. The first-order valence-electron chi connectivity index (χ1n) is 12.7. The smallest absolute Gasteiger partial charge is 0.224 e. The van der Waals surface area contributed by atoms with Crippen molar-refractivity contribution in [3.8, 4) is 33.8 Å². The quantitative estimate of drug-likeness (QED) is 0.232. The molecule has 6 rings (SSSR count). The van der Waals surface area contributed by atoms with Crippen LogP contribution in [0, 0.1) is 5.41 Å². The number of amides is 1. The van der Waals surface area contributed by atoms with Crippen LogP contribution in [0.2, 0.25) is 0 Å². The Balaban J connectivity index is 1.37. The van der Waals surface area contributed by atoms with E-state index >= 15 is 0 Å². The molecule has 0 fully saturated rings. The van der Waals surface area contributed by atoms with Gasteiger partial charge in [0.2, 0.25) is 5.91 Å². The summed E-state index contributed by atoms with van der Waals surface area (Å²) in [6.07, 6.45) is 7.51. The first kappa shape index (κ1) is 24.9.